The van der Waals surface area contributed by atoms with Crippen molar-refractivity contribution in [3.05, 3.63) is 47.2 Å². The predicted octanol–water partition coefficient (Wildman–Crippen LogP) is 5.01. The lowest BCUT2D eigenvalue weighted by Crippen LogP contribution is -2.53. The van der Waals surface area contributed by atoms with Gasteiger partial charge in [0.1, 0.15) is 6.04 Å². The molecule has 1 aliphatic heterocycles. The summed E-state index contributed by atoms with van der Waals surface area (Å²) in [7, 11) is 0. The average Bonchev–Trinajstić information content (AvgIpc) is 3.23. The Balaban J connectivity index is 1.52. The number of allylic oxidation sites excluding steroid dienone is 1. The van der Waals surface area contributed by atoms with Gasteiger partial charge in [0.2, 0.25) is 11.8 Å². The highest BCUT2D eigenvalue weighted by Crippen LogP contribution is 2.30. The van der Waals surface area contributed by atoms with Gasteiger partial charge in [0, 0.05) is 30.6 Å². The van der Waals surface area contributed by atoms with Crippen molar-refractivity contribution >= 4 is 29.5 Å². The fraction of sp³-hybridized carbons (Fsp3) is 0.593. The van der Waals surface area contributed by atoms with E-state index in [2.05, 4.69) is 29.3 Å². The van der Waals surface area contributed by atoms with E-state index in [1.807, 2.05) is 30.9 Å². The first-order valence-electron chi connectivity index (χ1n) is 12.6. The zero-order chi connectivity index (χ0) is 25.5. The minimum atomic E-state index is -0.559. The normalized spacial score (nSPS) is 21.5. The molecule has 1 aromatic rings. The number of ether oxygens (including phenoxy) is 1. The molecule has 3 amide bonds. The van der Waals surface area contributed by atoms with Gasteiger partial charge in [0.15, 0.2) is 0 Å². The minimum absolute atomic E-state index is 0.0192. The van der Waals surface area contributed by atoms with Gasteiger partial charge < -0.3 is 20.3 Å². The molecule has 1 saturated heterocycles. The molecule has 2 N–H and O–H groups in total. The molecule has 192 valence electrons. The van der Waals surface area contributed by atoms with Gasteiger partial charge in [-0.3, -0.25) is 9.59 Å². The Morgan fingerprint density at radius 3 is 2.37 bits per heavy atom. The molecule has 35 heavy (non-hydrogen) atoms. The van der Waals surface area contributed by atoms with Crippen molar-refractivity contribution in [1.82, 2.24) is 15.5 Å². The van der Waals surface area contributed by atoms with Crippen LogP contribution in [-0.2, 0) is 14.3 Å². The lowest BCUT2D eigenvalue weighted by Gasteiger charge is -2.35. The molecule has 1 aromatic carbocycles. The largest absolute Gasteiger partial charge is 0.416 e. The molecule has 2 unspecified atom stereocenters. The van der Waals surface area contributed by atoms with Gasteiger partial charge in [-0.2, -0.15) is 0 Å². The molecule has 3 rings (SSSR count). The van der Waals surface area contributed by atoms with Gasteiger partial charge in [-0.1, -0.05) is 50.6 Å². The van der Waals surface area contributed by atoms with Crippen molar-refractivity contribution in [2.45, 2.75) is 77.3 Å². The number of benzene rings is 1. The van der Waals surface area contributed by atoms with E-state index in [9.17, 15) is 14.4 Å². The third-order valence-electron chi connectivity index (χ3n) is 7.07. The van der Waals surface area contributed by atoms with Gasteiger partial charge in [-0.05, 0) is 68.1 Å². The van der Waals surface area contributed by atoms with E-state index >= 15 is 0 Å². The number of nitrogens with zero attached hydrogens (tertiary/aromatic N) is 1. The number of carbonyl (C=O) groups is 3. The summed E-state index contributed by atoms with van der Waals surface area (Å²) in [6.45, 7) is 10.4. The van der Waals surface area contributed by atoms with Crippen LogP contribution >= 0.6 is 11.6 Å². The number of carbonyl (C=O) groups excluding carboxylic acids is 3. The molecule has 0 bridgehead atoms. The van der Waals surface area contributed by atoms with Crippen LogP contribution in [0, 0.1) is 11.8 Å². The van der Waals surface area contributed by atoms with E-state index in [0.29, 0.717) is 24.8 Å². The van der Waals surface area contributed by atoms with Gasteiger partial charge in [0.25, 0.3) is 0 Å². The molecule has 7 nitrogen and oxygen atoms in total. The second-order valence-corrected chi connectivity index (χ2v) is 10.6. The molecular formula is C27H38ClN3O4. The van der Waals surface area contributed by atoms with E-state index in [-0.39, 0.29) is 36.1 Å². The van der Waals surface area contributed by atoms with Crippen LogP contribution in [0.15, 0.2) is 36.6 Å². The summed E-state index contributed by atoms with van der Waals surface area (Å²) in [4.78, 5) is 40.1. The Morgan fingerprint density at radius 1 is 1.11 bits per heavy atom. The Bertz CT molecular complexity index is 910. The first kappa shape index (κ1) is 27.1. The monoisotopic (exact) mass is 503 g/mol. The summed E-state index contributed by atoms with van der Waals surface area (Å²) in [6, 6.07) is 7.26. The predicted molar refractivity (Wildman–Crippen MR) is 137 cm³/mol. The molecule has 0 spiro atoms. The maximum Gasteiger partial charge on any atom is 0.412 e. The topological polar surface area (TPSA) is 87.7 Å². The lowest BCUT2D eigenvalue weighted by atomic mass is 9.89. The second-order valence-electron chi connectivity index (χ2n) is 10.2. The number of hydrogen-bond donors (Lipinski definition) is 2. The Morgan fingerprint density at radius 2 is 1.77 bits per heavy atom. The molecule has 0 aromatic heterocycles. The zero-order valence-corrected chi connectivity index (χ0v) is 21.8. The van der Waals surface area contributed by atoms with E-state index in [1.165, 1.54) is 5.56 Å². The van der Waals surface area contributed by atoms with Crippen LogP contribution < -0.4 is 10.6 Å². The highest BCUT2D eigenvalue weighted by atomic mass is 35.5. The summed E-state index contributed by atoms with van der Waals surface area (Å²) >= 11 is 6.01. The standard InChI is InChI=1S/C27H38ClN3O4/c1-17(2)25(26(33)31-14-12-20(13-15-31)19-8-10-22(28)11-9-19)30-24(32)16-21-6-5-7-23(21)29-27(34)35-18(3)4/h8-11,17,20-21,23,25H,3,5-7,12-16H2,1-2,4H3,(H,29,34)(H,30,32)/t21?,23?,25-/m1/s1. The number of amides is 3. The quantitative estimate of drug-likeness (QED) is 0.488. The van der Waals surface area contributed by atoms with Crippen molar-refractivity contribution in [3.8, 4) is 0 Å². The number of piperidine rings is 1. The number of rotatable bonds is 8. The SMILES string of the molecule is C=C(C)OC(=O)NC1CCCC1CC(=O)N[C@@H](C(=O)N1CCC(c2ccc(Cl)cc2)CC1)C(C)C. The molecule has 3 atom stereocenters. The molecule has 1 heterocycles. The average molecular weight is 504 g/mol. The van der Waals surface area contributed by atoms with Gasteiger partial charge >= 0.3 is 6.09 Å². The van der Waals surface area contributed by atoms with Crippen molar-refractivity contribution in [1.29, 1.82) is 0 Å². The first-order valence-corrected chi connectivity index (χ1v) is 13.0. The van der Waals surface area contributed by atoms with Crippen LogP contribution in [0.4, 0.5) is 4.79 Å². The molecule has 2 aliphatic rings. The van der Waals surface area contributed by atoms with Crippen LogP contribution in [-0.4, -0.2) is 48.0 Å². The summed E-state index contributed by atoms with van der Waals surface area (Å²) in [5.41, 5.74) is 1.25. The van der Waals surface area contributed by atoms with Crippen molar-refractivity contribution in [2.24, 2.45) is 11.8 Å². The van der Waals surface area contributed by atoms with E-state index in [0.717, 1.165) is 37.1 Å². The minimum Gasteiger partial charge on any atom is -0.416 e. The molecule has 0 radical (unpaired) electrons. The second kappa shape index (κ2) is 12.4. The molecule has 1 saturated carbocycles. The lowest BCUT2D eigenvalue weighted by molar-refractivity contribution is -0.138. The fourth-order valence-electron chi connectivity index (χ4n) is 5.16. The number of halogens is 1. The van der Waals surface area contributed by atoms with Crippen LogP contribution in [0.3, 0.4) is 0 Å². The van der Waals surface area contributed by atoms with Crippen molar-refractivity contribution in [2.75, 3.05) is 13.1 Å². The van der Waals surface area contributed by atoms with E-state index < -0.39 is 12.1 Å². The molecule has 8 heteroatoms. The van der Waals surface area contributed by atoms with Gasteiger partial charge in [-0.25, -0.2) is 4.79 Å². The van der Waals surface area contributed by atoms with Gasteiger partial charge in [-0.15, -0.1) is 0 Å². The third-order valence-corrected chi connectivity index (χ3v) is 7.33. The van der Waals surface area contributed by atoms with Crippen LogP contribution in [0.1, 0.15) is 70.8 Å². The Kier molecular flexibility index (Phi) is 9.61. The smallest absolute Gasteiger partial charge is 0.412 e. The molecule has 2 fully saturated rings. The zero-order valence-electron chi connectivity index (χ0n) is 21.0. The van der Waals surface area contributed by atoms with Crippen LogP contribution in [0.2, 0.25) is 5.02 Å². The number of nitrogens with one attached hydrogen (secondary N) is 2. The number of likely N-dealkylation sites (tertiary alicyclic amines) is 1. The van der Waals surface area contributed by atoms with Crippen LogP contribution in [0.5, 0.6) is 0 Å². The summed E-state index contributed by atoms with van der Waals surface area (Å²) in [5.74, 6) is 0.556. The Labute approximate surface area is 213 Å². The molecular weight excluding hydrogens is 466 g/mol. The highest BCUT2D eigenvalue weighted by Gasteiger charge is 2.34. The fourth-order valence-corrected chi connectivity index (χ4v) is 5.29. The van der Waals surface area contributed by atoms with Crippen molar-refractivity contribution < 1.29 is 19.1 Å². The van der Waals surface area contributed by atoms with Crippen molar-refractivity contribution in [3.63, 3.8) is 0 Å². The summed E-state index contributed by atoms with van der Waals surface area (Å²) < 4.78 is 5.00. The maximum atomic E-state index is 13.3. The van der Waals surface area contributed by atoms with E-state index in [1.54, 1.807) is 6.92 Å². The third kappa shape index (κ3) is 7.72. The maximum absolute atomic E-state index is 13.3. The molecule has 1 aliphatic carbocycles. The first-order chi connectivity index (χ1) is 16.6. The number of hydrogen-bond acceptors (Lipinski definition) is 4. The summed E-state index contributed by atoms with van der Waals surface area (Å²) in [5, 5.41) is 6.57. The van der Waals surface area contributed by atoms with E-state index in [4.69, 9.17) is 16.3 Å². The number of alkyl carbamates (subject to hydrolysis) is 1. The Hall–Kier alpha value is -2.54. The van der Waals surface area contributed by atoms with Gasteiger partial charge in [0.05, 0.1) is 5.76 Å². The summed E-state index contributed by atoms with van der Waals surface area (Å²) in [6.07, 6.45) is 4.11. The van der Waals surface area contributed by atoms with Crippen LogP contribution in [0.25, 0.3) is 0 Å². The highest BCUT2D eigenvalue weighted by molar-refractivity contribution is 6.30.